The number of hydrogen-bond acceptors (Lipinski definition) is 8. The number of likely N-dealkylation sites (tertiary alicyclic amines) is 1. The van der Waals surface area contributed by atoms with Crippen LogP contribution in [0.25, 0.3) is 0 Å². The van der Waals surface area contributed by atoms with Crippen LogP contribution in [0.4, 0.5) is 4.79 Å². The maximum Gasteiger partial charge on any atom is 0.513 e. The molecule has 4 atom stereocenters. The SMILES string of the molecule is O=C(O)CCOC(=O)Oc1ccc2c3c1O[C@@H]1COCCC[C@]4(O)[C@H](C2)N(CC2CC2)CC[C@@]314. The topological polar surface area (TPSA) is 115 Å². The standard InChI is InChI=1S/C25H31NO8/c27-20(28)6-11-32-23(29)33-17-5-4-16-12-18-25(30)7-1-10-31-14-19-24(25,21(16)22(17)34-19)8-9-26(18)13-15-2-3-15/h4-5,15,18-19,30H,1-3,6-14H2,(H,27,28)/t18-,19+,24-,25-/m0/s1. The predicted octanol–water partition coefficient (Wildman–Crippen LogP) is 2.26. The van der Waals surface area contributed by atoms with Gasteiger partial charge in [-0.15, -0.1) is 0 Å². The molecule has 2 saturated heterocycles. The van der Waals surface area contributed by atoms with E-state index in [1.807, 2.05) is 6.07 Å². The molecule has 9 nitrogen and oxygen atoms in total. The van der Waals surface area contributed by atoms with Crippen molar-refractivity contribution in [2.75, 3.05) is 32.9 Å². The highest BCUT2D eigenvalue weighted by molar-refractivity contribution is 5.70. The Morgan fingerprint density at radius 1 is 1.24 bits per heavy atom. The molecule has 1 saturated carbocycles. The highest BCUT2D eigenvalue weighted by Gasteiger charge is 2.70. The van der Waals surface area contributed by atoms with Crippen molar-refractivity contribution < 1.29 is 38.7 Å². The molecule has 3 aliphatic heterocycles. The molecule has 0 radical (unpaired) electrons. The minimum Gasteiger partial charge on any atom is -0.483 e. The van der Waals surface area contributed by atoms with Gasteiger partial charge >= 0.3 is 12.1 Å². The van der Waals surface area contributed by atoms with Crippen molar-refractivity contribution in [2.45, 2.75) is 68.1 Å². The van der Waals surface area contributed by atoms with E-state index in [2.05, 4.69) is 4.90 Å². The molecule has 184 valence electrons. The molecule has 1 aromatic rings. The van der Waals surface area contributed by atoms with E-state index in [4.69, 9.17) is 24.1 Å². The summed E-state index contributed by atoms with van der Waals surface area (Å²) < 4.78 is 22.8. The van der Waals surface area contributed by atoms with Crippen LogP contribution in [0.2, 0.25) is 0 Å². The Bertz CT molecular complexity index is 1010. The van der Waals surface area contributed by atoms with Crippen LogP contribution in [0.3, 0.4) is 0 Å². The van der Waals surface area contributed by atoms with E-state index in [1.165, 1.54) is 12.8 Å². The number of carboxylic acid groups (broad SMARTS) is 1. The Hall–Kier alpha value is -2.36. The van der Waals surface area contributed by atoms with Gasteiger partial charge in [-0.3, -0.25) is 9.69 Å². The van der Waals surface area contributed by atoms with E-state index in [1.54, 1.807) is 6.07 Å². The lowest BCUT2D eigenvalue weighted by Gasteiger charge is -2.61. The molecule has 5 aliphatic rings. The molecule has 2 aliphatic carbocycles. The van der Waals surface area contributed by atoms with Gasteiger partial charge in [0.05, 0.1) is 24.0 Å². The molecule has 3 heterocycles. The molecule has 34 heavy (non-hydrogen) atoms. The van der Waals surface area contributed by atoms with Gasteiger partial charge in [0.1, 0.15) is 12.7 Å². The van der Waals surface area contributed by atoms with E-state index in [9.17, 15) is 14.7 Å². The van der Waals surface area contributed by atoms with Gasteiger partial charge in [-0.1, -0.05) is 6.07 Å². The van der Waals surface area contributed by atoms with E-state index in [0.717, 1.165) is 49.4 Å². The molecule has 3 fully saturated rings. The number of carbonyl (C=O) groups excluding carboxylic acids is 1. The summed E-state index contributed by atoms with van der Waals surface area (Å²) in [4.78, 5) is 25.4. The Kier molecular flexibility index (Phi) is 5.27. The quantitative estimate of drug-likeness (QED) is 0.474. The number of piperidine rings is 1. The van der Waals surface area contributed by atoms with E-state index in [0.29, 0.717) is 25.4 Å². The zero-order valence-electron chi connectivity index (χ0n) is 19.2. The lowest BCUT2D eigenvalue weighted by atomic mass is 9.51. The first kappa shape index (κ1) is 22.1. The first-order valence-electron chi connectivity index (χ1n) is 12.4. The summed E-state index contributed by atoms with van der Waals surface area (Å²) in [7, 11) is 0. The fraction of sp³-hybridized carbons (Fsp3) is 0.680. The molecule has 1 spiro atoms. The summed E-state index contributed by atoms with van der Waals surface area (Å²) in [5.74, 6) is 0.405. The Balaban J connectivity index is 1.37. The molecule has 1 aromatic carbocycles. The molecule has 9 heteroatoms. The van der Waals surface area contributed by atoms with Crippen LogP contribution in [0.5, 0.6) is 11.5 Å². The molecular weight excluding hydrogens is 442 g/mol. The van der Waals surface area contributed by atoms with Crippen molar-refractivity contribution in [1.29, 1.82) is 0 Å². The largest absolute Gasteiger partial charge is 0.513 e. The van der Waals surface area contributed by atoms with Crippen molar-refractivity contribution in [3.63, 3.8) is 0 Å². The monoisotopic (exact) mass is 473 g/mol. The van der Waals surface area contributed by atoms with Gasteiger partial charge in [0.2, 0.25) is 0 Å². The highest BCUT2D eigenvalue weighted by Crippen LogP contribution is 2.63. The number of benzene rings is 1. The zero-order chi connectivity index (χ0) is 23.5. The number of nitrogens with zero attached hydrogens (tertiary/aromatic N) is 1. The minimum absolute atomic E-state index is 0.0252. The van der Waals surface area contributed by atoms with Crippen molar-refractivity contribution in [2.24, 2.45) is 5.92 Å². The van der Waals surface area contributed by atoms with Gasteiger partial charge in [0, 0.05) is 24.8 Å². The van der Waals surface area contributed by atoms with Crippen LogP contribution in [0.15, 0.2) is 12.1 Å². The van der Waals surface area contributed by atoms with Crippen molar-refractivity contribution >= 4 is 12.1 Å². The lowest BCUT2D eigenvalue weighted by molar-refractivity contribution is -0.187. The normalized spacial score (nSPS) is 33.8. The smallest absolute Gasteiger partial charge is 0.483 e. The number of rotatable bonds is 6. The summed E-state index contributed by atoms with van der Waals surface area (Å²) in [5.41, 5.74) is 0.504. The third-order valence-corrected chi connectivity index (χ3v) is 8.47. The van der Waals surface area contributed by atoms with Crippen LogP contribution in [-0.2, 0) is 26.1 Å². The van der Waals surface area contributed by atoms with Crippen LogP contribution >= 0.6 is 0 Å². The van der Waals surface area contributed by atoms with Gasteiger partial charge < -0.3 is 29.2 Å². The van der Waals surface area contributed by atoms with Crippen molar-refractivity contribution in [1.82, 2.24) is 4.90 Å². The van der Waals surface area contributed by atoms with Crippen molar-refractivity contribution in [3.8, 4) is 11.5 Å². The number of hydrogen-bond donors (Lipinski definition) is 2. The summed E-state index contributed by atoms with van der Waals surface area (Å²) in [5, 5.41) is 21.3. The molecule has 2 bridgehead atoms. The first-order valence-corrected chi connectivity index (χ1v) is 12.4. The molecule has 0 aromatic heterocycles. The van der Waals surface area contributed by atoms with E-state index < -0.39 is 23.1 Å². The van der Waals surface area contributed by atoms with Gasteiger partial charge in [-0.25, -0.2) is 4.79 Å². The molecular formula is C25H31NO8. The van der Waals surface area contributed by atoms with Crippen LogP contribution < -0.4 is 9.47 Å². The lowest BCUT2D eigenvalue weighted by Crippen LogP contribution is -2.74. The third-order valence-electron chi connectivity index (χ3n) is 8.47. The van der Waals surface area contributed by atoms with Gasteiger partial charge in [0.25, 0.3) is 0 Å². The molecule has 6 rings (SSSR count). The number of carbonyl (C=O) groups is 2. The Morgan fingerprint density at radius 3 is 2.88 bits per heavy atom. The maximum atomic E-state index is 12.5. The maximum absolute atomic E-state index is 12.5. The number of aliphatic hydroxyl groups is 1. The van der Waals surface area contributed by atoms with Gasteiger partial charge in [-0.05, 0) is 62.6 Å². The zero-order valence-corrected chi connectivity index (χ0v) is 19.2. The average Bonchev–Trinajstić information content (AvgIpc) is 3.53. The fourth-order valence-electron chi connectivity index (χ4n) is 6.84. The second-order valence-electron chi connectivity index (χ2n) is 10.4. The Labute approximate surface area is 197 Å². The number of aliphatic carboxylic acids is 1. The van der Waals surface area contributed by atoms with Crippen LogP contribution in [0.1, 0.15) is 49.7 Å². The predicted molar refractivity (Wildman–Crippen MR) is 118 cm³/mol. The van der Waals surface area contributed by atoms with E-state index in [-0.39, 0.29) is 30.9 Å². The van der Waals surface area contributed by atoms with Crippen LogP contribution in [-0.4, -0.2) is 77.9 Å². The van der Waals surface area contributed by atoms with E-state index >= 15 is 0 Å². The van der Waals surface area contributed by atoms with Crippen molar-refractivity contribution in [3.05, 3.63) is 23.3 Å². The second kappa shape index (κ2) is 8.10. The Morgan fingerprint density at radius 2 is 2.09 bits per heavy atom. The second-order valence-corrected chi connectivity index (χ2v) is 10.4. The fourth-order valence-corrected chi connectivity index (χ4v) is 6.84. The van der Waals surface area contributed by atoms with Gasteiger partial charge in [0.15, 0.2) is 11.5 Å². The third kappa shape index (κ3) is 3.31. The molecule has 0 amide bonds. The number of carboxylic acids is 1. The summed E-state index contributed by atoms with van der Waals surface area (Å²) in [6.45, 7) is 2.61. The average molecular weight is 474 g/mol. The molecule has 2 N–H and O–H groups in total. The minimum atomic E-state index is -1.05. The molecule has 0 unspecified atom stereocenters. The first-order chi connectivity index (χ1) is 16.4. The van der Waals surface area contributed by atoms with Gasteiger partial charge in [-0.2, -0.15) is 0 Å². The number of ether oxygens (including phenoxy) is 4. The summed E-state index contributed by atoms with van der Waals surface area (Å²) in [6.07, 6.45) is 3.83. The summed E-state index contributed by atoms with van der Waals surface area (Å²) >= 11 is 0. The summed E-state index contributed by atoms with van der Waals surface area (Å²) in [6, 6.07) is 3.71. The van der Waals surface area contributed by atoms with Crippen LogP contribution in [0, 0.1) is 5.92 Å². The highest BCUT2D eigenvalue weighted by atomic mass is 16.7.